The van der Waals surface area contributed by atoms with Crippen LogP contribution < -0.4 is 4.57 Å². The summed E-state index contributed by atoms with van der Waals surface area (Å²) in [5.74, 6) is 1.25. The number of aromatic nitrogens is 1. The van der Waals surface area contributed by atoms with Gasteiger partial charge in [0.15, 0.2) is 6.20 Å². The van der Waals surface area contributed by atoms with Gasteiger partial charge in [0, 0.05) is 36.3 Å². The highest BCUT2D eigenvalue weighted by molar-refractivity contribution is 7.22. The fourth-order valence-corrected chi connectivity index (χ4v) is 5.89. The lowest BCUT2D eigenvalue weighted by molar-refractivity contribution is -0.686. The minimum atomic E-state index is 0.0523. The number of unbranched alkanes of at least 4 members (excludes halogenated alkanes) is 1. The summed E-state index contributed by atoms with van der Waals surface area (Å²) in [6.45, 7) is 12.5. The fraction of sp³-hybridized carbons (Fsp3) is 0.500. The number of methoxy groups -OCH3 is 1. The zero-order valence-electron chi connectivity index (χ0n) is 21.9. The average Bonchev–Trinajstić information content (AvgIpc) is 3.22. The average molecular weight is 481 g/mol. The molecule has 3 nitrogen and oxygen atoms in total. The molecule has 2 unspecified atom stereocenters. The van der Waals surface area contributed by atoms with Crippen molar-refractivity contribution >= 4 is 21.4 Å². The number of nitrogens with zero attached hydrogens (tertiary/aromatic N) is 1. The predicted molar refractivity (Wildman–Crippen MR) is 146 cm³/mol. The van der Waals surface area contributed by atoms with E-state index in [1.807, 2.05) is 31.3 Å². The summed E-state index contributed by atoms with van der Waals surface area (Å²) in [6, 6.07) is 13.7. The van der Waals surface area contributed by atoms with Crippen molar-refractivity contribution in [2.24, 2.45) is 0 Å². The third-order valence-corrected chi connectivity index (χ3v) is 7.69. The van der Waals surface area contributed by atoms with E-state index in [0.717, 1.165) is 31.6 Å². The number of thiophene rings is 1. The van der Waals surface area contributed by atoms with Crippen LogP contribution in [0.5, 0.6) is 0 Å². The second kappa shape index (κ2) is 13.1. The van der Waals surface area contributed by atoms with E-state index in [1.165, 1.54) is 44.6 Å². The molecule has 0 aliphatic rings. The van der Waals surface area contributed by atoms with Crippen molar-refractivity contribution in [2.75, 3.05) is 13.7 Å². The van der Waals surface area contributed by atoms with Crippen LogP contribution in [-0.2, 0) is 22.4 Å². The van der Waals surface area contributed by atoms with Crippen LogP contribution in [0.15, 0.2) is 54.4 Å². The molecule has 3 aromatic rings. The Labute approximate surface area is 210 Å². The van der Waals surface area contributed by atoms with Gasteiger partial charge in [0.05, 0.1) is 18.5 Å². The molecule has 0 fully saturated rings. The van der Waals surface area contributed by atoms with Crippen molar-refractivity contribution in [1.29, 1.82) is 0 Å². The lowest BCUT2D eigenvalue weighted by atomic mass is 9.92. The third kappa shape index (κ3) is 6.49. The zero-order valence-corrected chi connectivity index (χ0v) is 22.7. The van der Waals surface area contributed by atoms with Crippen molar-refractivity contribution in [3.63, 3.8) is 0 Å². The Hall–Kier alpha value is -2.17. The van der Waals surface area contributed by atoms with Crippen LogP contribution in [0.1, 0.15) is 77.3 Å². The molecule has 0 aliphatic carbocycles. The van der Waals surface area contributed by atoms with Crippen molar-refractivity contribution in [2.45, 2.75) is 85.3 Å². The van der Waals surface area contributed by atoms with Crippen LogP contribution in [-0.4, -0.2) is 19.8 Å². The summed E-state index contributed by atoms with van der Waals surface area (Å²) >= 11 is 1.95. The minimum absolute atomic E-state index is 0.0523. The van der Waals surface area contributed by atoms with E-state index in [9.17, 15) is 0 Å². The van der Waals surface area contributed by atoms with Gasteiger partial charge < -0.3 is 9.47 Å². The molecule has 3 rings (SSSR count). The Bertz CT molecular complexity index is 1080. The molecule has 2 heterocycles. The van der Waals surface area contributed by atoms with Crippen LogP contribution in [0.2, 0.25) is 0 Å². The second-order valence-corrected chi connectivity index (χ2v) is 10.2. The first-order valence-electron chi connectivity index (χ1n) is 12.9. The van der Waals surface area contributed by atoms with Gasteiger partial charge in [-0.1, -0.05) is 39.3 Å². The van der Waals surface area contributed by atoms with Crippen molar-refractivity contribution in [3.8, 4) is 10.6 Å². The number of fused-ring (bicyclic) bond motifs is 1. The molecular weight excluding hydrogens is 438 g/mol. The second-order valence-electron chi connectivity index (χ2n) is 9.19. The maximum atomic E-state index is 6.26. The van der Waals surface area contributed by atoms with E-state index >= 15 is 0 Å². The van der Waals surface area contributed by atoms with Gasteiger partial charge in [-0.25, -0.2) is 0 Å². The van der Waals surface area contributed by atoms with Crippen LogP contribution in [0.25, 0.3) is 20.7 Å². The Morgan fingerprint density at radius 1 is 1.12 bits per heavy atom. The standard InChI is InChI=1S/C30H42NO2S/c1-7-10-13-24-15-16-26-28(20-24)34-30(27-14-11-12-18-31(27)17-8-2)29(26)25(9-3)21-33-23(5)19-22(4)32-6/h11-12,14-16,18-20,22,25H,7-10,13,17,21H2,1-6H3/q+1/b23-19-. The quantitative estimate of drug-likeness (QED) is 0.182. The zero-order chi connectivity index (χ0) is 24.5. The van der Waals surface area contributed by atoms with Gasteiger partial charge in [0.1, 0.15) is 11.4 Å². The molecule has 0 spiro atoms. The van der Waals surface area contributed by atoms with E-state index in [2.05, 4.69) is 67.9 Å². The Morgan fingerprint density at radius 2 is 1.94 bits per heavy atom. The number of hydrogen-bond acceptors (Lipinski definition) is 3. The number of benzene rings is 1. The molecule has 0 amide bonds. The largest absolute Gasteiger partial charge is 0.498 e. The molecule has 0 saturated heterocycles. The smallest absolute Gasteiger partial charge is 0.222 e. The summed E-state index contributed by atoms with van der Waals surface area (Å²) in [5.41, 5.74) is 4.20. The number of ether oxygens (including phenoxy) is 2. The Balaban J connectivity index is 2.08. The molecule has 184 valence electrons. The van der Waals surface area contributed by atoms with Crippen LogP contribution in [0.3, 0.4) is 0 Å². The number of aryl methyl sites for hydroxylation is 2. The number of rotatable bonds is 13. The van der Waals surface area contributed by atoms with Crippen molar-refractivity contribution < 1.29 is 14.0 Å². The maximum Gasteiger partial charge on any atom is 0.222 e. The SMILES string of the molecule is CCCCc1ccc2c(C(CC)CO/C(C)=C\C(C)OC)c(-c3cccc[n+]3CCC)sc2c1. The summed E-state index contributed by atoms with van der Waals surface area (Å²) in [6.07, 6.45) is 10.1. The monoisotopic (exact) mass is 480 g/mol. The summed E-state index contributed by atoms with van der Waals surface area (Å²) in [4.78, 5) is 1.39. The number of pyridine rings is 1. The van der Waals surface area contributed by atoms with E-state index in [0.29, 0.717) is 12.5 Å². The van der Waals surface area contributed by atoms with E-state index in [-0.39, 0.29) is 6.10 Å². The van der Waals surface area contributed by atoms with Crippen molar-refractivity contribution in [3.05, 3.63) is 65.6 Å². The topological polar surface area (TPSA) is 22.3 Å². The summed E-state index contributed by atoms with van der Waals surface area (Å²) < 4.78 is 15.4. The van der Waals surface area contributed by atoms with Gasteiger partial charge >= 0.3 is 0 Å². The molecule has 2 atom stereocenters. The molecule has 0 bridgehead atoms. The maximum absolute atomic E-state index is 6.26. The van der Waals surface area contributed by atoms with E-state index in [1.54, 1.807) is 7.11 Å². The van der Waals surface area contributed by atoms with E-state index < -0.39 is 0 Å². The first-order valence-corrected chi connectivity index (χ1v) is 13.7. The highest BCUT2D eigenvalue weighted by Crippen LogP contribution is 2.43. The predicted octanol–water partition coefficient (Wildman–Crippen LogP) is 8.06. The molecule has 1 aromatic carbocycles. The molecule has 0 N–H and O–H groups in total. The number of allylic oxidation sites excluding steroid dienone is 1. The van der Waals surface area contributed by atoms with Crippen LogP contribution >= 0.6 is 11.3 Å². The van der Waals surface area contributed by atoms with Gasteiger partial charge in [-0.15, -0.1) is 11.3 Å². The molecule has 4 heteroatoms. The lowest BCUT2D eigenvalue weighted by Gasteiger charge is -2.18. The fourth-order valence-electron chi connectivity index (χ4n) is 4.50. The Morgan fingerprint density at radius 3 is 2.65 bits per heavy atom. The van der Waals surface area contributed by atoms with E-state index in [4.69, 9.17) is 9.47 Å². The van der Waals surface area contributed by atoms with Gasteiger partial charge in [-0.05, 0) is 67.8 Å². The van der Waals surface area contributed by atoms with Crippen LogP contribution in [0, 0.1) is 0 Å². The Kier molecular flexibility index (Phi) is 10.2. The molecule has 0 radical (unpaired) electrons. The van der Waals surface area contributed by atoms with Gasteiger partial charge in [-0.2, -0.15) is 4.57 Å². The molecule has 34 heavy (non-hydrogen) atoms. The minimum Gasteiger partial charge on any atom is -0.498 e. The highest BCUT2D eigenvalue weighted by Gasteiger charge is 2.26. The summed E-state index contributed by atoms with van der Waals surface area (Å²) in [5, 5.41) is 1.38. The lowest BCUT2D eigenvalue weighted by Crippen LogP contribution is -2.35. The molecule has 0 aliphatic heterocycles. The van der Waals surface area contributed by atoms with Crippen LogP contribution in [0.4, 0.5) is 0 Å². The normalized spacial score (nSPS) is 13.9. The molecule has 2 aromatic heterocycles. The first-order chi connectivity index (χ1) is 16.5. The first kappa shape index (κ1) is 26.4. The van der Waals surface area contributed by atoms with Gasteiger partial charge in [0.2, 0.25) is 5.69 Å². The molecule has 0 saturated carbocycles. The van der Waals surface area contributed by atoms with Crippen molar-refractivity contribution in [1.82, 2.24) is 0 Å². The molecular formula is C30H42NO2S+. The highest BCUT2D eigenvalue weighted by atomic mass is 32.1. The van der Waals surface area contributed by atoms with Gasteiger partial charge in [0.25, 0.3) is 0 Å². The third-order valence-electron chi connectivity index (χ3n) is 6.50. The number of hydrogen-bond donors (Lipinski definition) is 0. The van der Waals surface area contributed by atoms with Gasteiger partial charge in [-0.3, -0.25) is 0 Å². The summed E-state index contributed by atoms with van der Waals surface area (Å²) in [7, 11) is 1.73.